The topological polar surface area (TPSA) is 45.6 Å². The van der Waals surface area contributed by atoms with Gasteiger partial charge in [-0.15, -0.1) is 0 Å². The van der Waals surface area contributed by atoms with Gasteiger partial charge in [-0.1, -0.05) is 19.1 Å². The van der Waals surface area contributed by atoms with Crippen LogP contribution in [0.15, 0.2) is 28.7 Å². The zero-order valence-electron chi connectivity index (χ0n) is 14.3. The molecule has 24 heavy (non-hydrogen) atoms. The van der Waals surface area contributed by atoms with Crippen LogP contribution in [-0.4, -0.2) is 51.9 Å². The van der Waals surface area contributed by atoms with Gasteiger partial charge < -0.3 is 14.4 Å². The number of carbonyl (C=O) groups is 2. The maximum Gasteiger partial charge on any atom is 0.271 e. The second-order valence-corrected chi connectivity index (χ2v) is 6.96. The Morgan fingerprint density at radius 1 is 1.29 bits per heavy atom. The lowest BCUT2D eigenvalue weighted by molar-refractivity contribution is -0.140. The molecule has 1 saturated heterocycles. The van der Waals surface area contributed by atoms with Crippen LogP contribution in [0.25, 0.3) is 10.9 Å². The summed E-state index contributed by atoms with van der Waals surface area (Å²) in [5.74, 6) is -0.0175. The van der Waals surface area contributed by atoms with Crippen LogP contribution in [0, 0.1) is 0 Å². The standard InChI is InChI=1S/C18H22BrN3O2/c1-4-14-17(23)21(5-2)9-10-22(14)18(24)15-11-12-7-6-8-13(19)16(12)20(15)3/h6-8,11,14H,4-5,9-10H2,1-3H3. The molecule has 0 aliphatic carbocycles. The van der Waals surface area contributed by atoms with Crippen LogP contribution < -0.4 is 0 Å². The van der Waals surface area contributed by atoms with E-state index in [0.717, 1.165) is 15.4 Å². The fourth-order valence-electron chi connectivity index (χ4n) is 3.51. The molecule has 5 nitrogen and oxygen atoms in total. The Hall–Kier alpha value is -1.82. The van der Waals surface area contributed by atoms with Gasteiger partial charge in [0.2, 0.25) is 5.91 Å². The predicted octanol–water partition coefficient (Wildman–Crippen LogP) is 3.02. The number of piperazine rings is 1. The molecule has 2 heterocycles. The summed E-state index contributed by atoms with van der Waals surface area (Å²) in [7, 11) is 1.89. The second-order valence-electron chi connectivity index (χ2n) is 6.11. The van der Waals surface area contributed by atoms with Crippen molar-refractivity contribution in [1.29, 1.82) is 0 Å². The first-order valence-corrected chi connectivity index (χ1v) is 9.12. The highest BCUT2D eigenvalue weighted by Crippen LogP contribution is 2.28. The van der Waals surface area contributed by atoms with Crippen molar-refractivity contribution < 1.29 is 9.59 Å². The van der Waals surface area contributed by atoms with Crippen molar-refractivity contribution in [2.24, 2.45) is 7.05 Å². The van der Waals surface area contributed by atoms with E-state index in [1.54, 1.807) is 4.90 Å². The monoisotopic (exact) mass is 391 g/mol. The molecule has 3 rings (SSSR count). The summed E-state index contributed by atoms with van der Waals surface area (Å²) >= 11 is 3.55. The maximum atomic E-state index is 13.1. The van der Waals surface area contributed by atoms with Gasteiger partial charge in [-0.2, -0.15) is 0 Å². The van der Waals surface area contributed by atoms with Crippen molar-refractivity contribution in [3.63, 3.8) is 0 Å². The smallest absolute Gasteiger partial charge is 0.271 e. The highest BCUT2D eigenvalue weighted by molar-refractivity contribution is 9.10. The minimum Gasteiger partial charge on any atom is -0.339 e. The second kappa shape index (κ2) is 6.59. The number of nitrogens with zero attached hydrogens (tertiary/aromatic N) is 3. The van der Waals surface area contributed by atoms with E-state index in [0.29, 0.717) is 31.7 Å². The van der Waals surface area contributed by atoms with E-state index in [-0.39, 0.29) is 17.9 Å². The van der Waals surface area contributed by atoms with Crippen molar-refractivity contribution in [2.45, 2.75) is 26.3 Å². The van der Waals surface area contributed by atoms with E-state index < -0.39 is 0 Å². The molecule has 2 amide bonds. The van der Waals surface area contributed by atoms with E-state index >= 15 is 0 Å². The number of amides is 2. The fourth-order valence-corrected chi connectivity index (χ4v) is 4.16. The zero-order chi connectivity index (χ0) is 17.4. The van der Waals surface area contributed by atoms with Gasteiger partial charge in [-0.25, -0.2) is 0 Å². The van der Waals surface area contributed by atoms with Crippen LogP contribution in [0.1, 0.15) is 30.8 Å². The third kappa shape index (κ3) is 2.62. The lowest BCUT2D eigenvalue weighted by Gasteiger charge is -2.40. The number of carbonyl (C=O) groups excluding carboxylic acids is 2. The van der Waals surface area contributed by atoms with Crippen molar-refractivity contribution in [3.8, 4) is 0 Å². The third-order valence-corrected chi connectivity index (χ3v) is 5.48. The summed E-state index contributed by atoms with van der Waals surface area (Å²) < 4.78 is 2.87. The van der Waals surface area contributed by atoms with Crippen LogP contribution in [0.5, 0.6) is 0 Å². The van der Waals surface area contributed by atoms with E-state index in [2.05, 4.69) is 15.9 Å². The molecular formula is C18H22BrN3O2. The summed E-state index contributed by atoms with van der Waals surface area (Å²) in [6.07, 6.45) is 0.634. The number of likely N-dealkylation sites (N-methyl/N-ethyl adjacent to an activating group) is 1. The molecule has 6 heteroatoms. The molecule has 0 bridgehead atoms. The first-order chi connectivity index (χ1) is 11.5. The highest BCUT2D eigenvalue weighted by Gasteiger charge is 2.36. The van der Waals surface area contributed by atoms with Crippen LogP contribution in [0.3, 0.4) is 0 Å². The summed E-state index contributed by atoms with van der Waals surface area (Å²) in [5, 5.41) is 1.02. The van der Waals surface area contributed by atoms with Gasteiger partial charge in [0.15, 0.2) is 0 Å². The van der Waals surface area contributed by atoms with Gasteiger partial charge in [0, 0.05) is 36.5 Å². The number of rotatable bonds is 3. The van der Waals surface area contributed by atoms with E-state index in [9.17, 15) is 9.59 Å². The molecule has 1 atom stereocenters. The molecule has 1 fully saturated rings. The van der Waals surface area contributed by atoms with E-state index in [1.807, 2.05) is 54.6 Å². The van der Waals surface area contributed by atoms with Crippen LogP contribution in [-0.2, 0) is 11.8 Å². The van der Waals surface area contributed by atoms with Crippen LogP contribution in [0.2, 0.25) is 0 Å². The average Bonchev–Trinajstić information content (AvgIpc) is 2.92. The number of benzene rings is 1. The zero-order valence-corrected chi connectivity index (χ0v) is 15.8. The van der Waals surface area contributed by atoms with Gasteiger partial charge in [0.25, 0.3) is 5.91 Å². The number of aromatic nitrogens is 1. The normalized spacial score (nSPS) is 18.5. The Kier molecular flexibility index (Phi) is 4.67. The average molecular weight is 392 g/mol. The van der Waals surface area contributed by atoms with E-state index in [4.69, 9.17) is 0 Å². The number of hydrogen-bond acceptors (Lipinski definition) is 2. The lowest BCUT2D eigenvalue weighted by Crippen LogP contribution is -2.58. The predicted molar refractivity (Wildman–Crippen MR) is 98.0 cm³/mol. The van der Waals surface area contributed by atoms with Gasteiger partial charge in [0.05, 0.1) is 5.52 Å². The number of fused-ring (bicyclic) bond motifs is 1. The summed E-state index contributed by atoms with van der Waals surface area (Å²) in [6.45, 7) is 5.81. The Bertz CT molecular complexity index is 799. The number of halogens is 1. The molecule has 2 aromatic rings. The number of aryl methyl sites for hydroxylation is 1. The van der Waals surface area contributed by atoms with Crippen molar-refractivity contribution in [3.05, 3.63) is 34.4 Å². The Morgan fingerprint density at radius 2 is 2.04 bits per heavy atom. The van der Waals surface area contributed by atoms with Crippen molar-refractivity contribution in [2.75, 3.05) is 19.6 Å². The number of hydrogen-bond donors (Lipinski definition) is 0. The van der Waals surface area contributed by atoms with Crippen molar-refractivity contribution in [1.82, 2.24) is 14.4 Å². The molecule has 1 unspecified atom stereocenters. The minimum absolute atomic E-state index is 0.0551. The lowest BCUT2D eigenvalue weighted by atomic mass is 10.1. The van der Waals surface area contributed by atoms with Crippen LogP contribution in [0.4, 0.5) is 0 Å². The highest BCUT2D eigenvalue weighted by atomic mass is 79.9. The largest absolute Gasteiger partial charge is 0.339 e. The Morgan fingerprint density at radius 3 is 2.67 bits per heavy atom. The quantitative estimate of drug-likeness (QED) is 0.806. The summed E-state index contributed by atoms with van der Waals surface area (Å²) in [4.78, 5) is 29.3. The number of para-hydroxylation sites is 1. The molecule has 0 spiro atoms. The van der Waals surface area contributed by atoms with E-state index in [1.165, 1.54) is 0 Å². The fraction of sp³-hybridized carbons (Fsp3) is 0.444. The molecule has 0 radical (unpaired) electrons. The van der Waals surface area contributed by atoms with Gasteiger partial charge in [-0.3, -0.25) is 9.59 Å². The first-order valence-electron chi connectivity index (χ1n) is 8.33. The molecule has 1 aromatic carbocycles. The Balaban J connectivity index is 1.98. The first kappa shape index (κ1) is 17.0. The molecule has 128 valence electrons. The Labute approximate surface area is 150 Å². The third-order valence-electron chi connectivity index (χ3n) is 4.84. The molecular weight excluding hydrogens is 370 g/mol. The van der Waals surface area contributed by atoms with Crippen LogP contribution >= 0.6 is 15.9 Å². The molecule has 1 aromatic heterocycles. The maximum absolute atomic E-state index is 13.1. The summed E-state index contributed by atoms with van der Waals surface area (Å²) in [5.41, 5.74) is 1.61. The molecule has 1 aliphatic heterocycles. The van der Waals surface area contributed by atoms with Gasteiger partial charge in [-0.05, 0) is 41.4 Å². The minimum atomic E-state index is -0.368. The molecule has 0 saturated carbocycles. The SMILES string of the molecule is CCC1C(=O)N(CC)CCN1C(=O)c1cc2cccc(Br)c2n1C. The van der Waals surface area contributed by atoms with Gasteiger partial charge in [0.1, 0.15) is 11.7 Å². The summed E-state index contributed by atoms with van der Waals surface area (Å²) in [6, 6.07) is 7.46. The van der Waals surface area contributed by atoms with Crippen molar-refractivity contribution >= 4 is 38.6 Å². The molecule has 0 N–H and O–H groups in total. The molecule has 1 aliphatic rings. The van der Waals surface area contributed by atoms with Gasteiger partial charge >= 0.3 is 0 Å².